The smallest absolute Gasteiger partial charge is 0.326 e. The van der Waals surface area contributed by atoms with Crippen molar-refractivity contribution >= 4 is 57.8 Å². The number of benzene rings is 2. The van der Waals surface area contributed by atoms with Crippen LogP contribution < -0.4 is 5.32 Å². The first-order valence-corrected chi connectivity index (χ1v) is 12.6. The molecular weight excluding hydrogens is 522 g/mol. The second-order valence-electron chi connectivity index (χ2n) is 8.63. The second-order valence-corrected chi connectivity index (χ2v) is 9.83. The molecule has 5 nitrogen and oxygen atoms in total. The molecule has 0 unspecified atom stereocenters. The summed E-state index contributed by atoms with van der Waals surface area (Å²) in [4.78, 5) is 19.5. The molecule has 9 heteroatoms. The number of aromatic nitrogens is 2. The van der Waals surface area contributed by atoms with Crippen molar-refractivity contribution in [1.82, 2.24) is 19.8 Å². The Morgan fingerprint density at radius 2 is 1.94 bits per heavy atom. The van der Waals surface area contributed by atoms with Crippen molar-refractivity contribution in [2.75, 3.05) is 13.1 Å². The van der Waals surface area contributed by atoms with Gasteiger partial charge in [0.1, 0.15) is 11.0 Å². The summed E-state index contributed by atoms with van der Waals surface area (Å²) in [6.07, 6.45) is 6.33. The van der Waals surface area contributed by atoms with E-state index in [1.807, 2.05) is 18.2 Å². The number of amides is 1. The molecular formula is C27H22Cl3FN4O. The van der Waals surface area contributed by atoms with Crippen LogP contribution in [-0.4, -0.2) is 33.6 Å². The number of carbonyl (C=O) groups excluding carboxylic acids is 1. The lowest BCUT2D eigenvalue weighted by atomic mass is 10.0. The van der Waals surface area contributed by atoms with Gasteiger partial charge < -0.3 is 5.32 Å². The first kappa shape index (κ1) is 24.8. The van der Waals surface area contributed by atoms with Crippen molar-refractivity contribution in [1.29, 1.82) is 0 Å². The van der Waals surface area contributed by atoms with Crippen LogP contribution in [0.25, 0.3) is 17.0 Å². The Labute approximate surface area is 223 Å². The minimum absolute atomic E-state index is 0.256. The summed E-state index contributed by atoms with van der Waals surface area (Å²) >= 11 is 18.1. The van der Waals surface area contributed by atoms with E-state index in [0.29, 0.717) is 46.8 Å². The van der Waals surface area contributed by atoms with Gasteiger partial charge in [0.25, 0.3) is 0 Å². The van der Waals surface area contributed by atoms with Crippen molar-refractivity contribution < 1.29 is 9.18 Å². The monoisotopic (exact) mass is 542 g/mol. The number of nitrogens with one attached hydrogen (secondary N) is 1. The molecule has 5 rings (SSSR count). The highest BCUT2D eigenvalue weighted by Gasteiger charge is 2.26. The van der Waals surface area contributed by atoms with Crippen molar-refractivity contribution in [2.45, 2.75) is 19.5 Å². The Balaban J connectivity index is 1.36. The highest BCUT2D eigenvalue weighted by molar-refractivity contribution is 6.42. The third-order valence-electron chi connectivity index (χ3n) is 6.24. The molecule has 0 aliphatic carbocycles. The Morgan fingerprint density at radius 3 is 2.75 bits per heavy atom. The van der Waals surface area contributed by atoms with Gasteiger partial charge in [-0.05, 0) is 59.2 Å². The van der Waals surface area contributed by atoms with Crippen molar-refractivity contribution in [3.05, 3.63) is 104 Å². The van der Waals surface area contributed by atoms with Gasteiger partial charge in [-0.2, -0.15) is 0 Å². The van der Waals surface area contributed by atoms with Crippen LogP contribution in [0, 0.1) is 5.82 Å². The Kier molecular flexibility index (Phi) is 7.30. The zero-order valence-corrected chi connectivity index (χ0v) is 21.4. The van der Waals surface area contributed by atoms with Gasteiger partial charge >= 0.3 is 6.03 Å². The number of hydrogen-bond donors (Lipinski definition) is 1. The Hall–Kier alpha value is -2.90. The summed E-state index contributed by atoms with van der Waals surface area (Å²) < 4.78 is 15.9. The van der Waals surface area contributed by atoms with Gasteiger partial charge in [0.05, 0.1) is 15.6 Å². The molecule has 2 aromatic heterocycles. The quantitative estimate of drug-likeness (QED) is 0.277. The van der Waals surface area contributed by atoms with E-state index in [9.17, 15) is 9.18 Å². The van der Waals surface area contributed by atoms with E-state index in [0.717, 1.165) is 34.3 Å². The third kappa shape index (κ3) is 5.27. The average molecular weight is 544 g/mol. The van der Waals surface area contributed by atoms with Crippen molar-refractivity contribution in [3.8, 4) is 0 Å². The summed E-state index contributed by atoms with van der Waals surface area (Å²) in [5.41, 5.74) is 4.39. The lowest BCUT2D eigenvalue weighted by Gasteiger charge is -2.27. The van der Waals surface area contributed by atoms with Gasteiger partial charge in [0.2, 0.25) is 0 Å². The average Bonchev–Trinajstić information content (AvgIpc) is 3.18. The van der Waals surface area contributed by atoms with Crippen LogP contribution in [0.4, 0.5) is 9.18 Å². The van der Waals surface area contributed by atoms with E-state index in [2.05, 4.69) is 21.3 Å². The van der Waals surface area contributed by atoms with Crippen LogP contribution in [0.3, 0.4) is 0 Å². The predicted octanol–water partition coefficient (Wildman–Crippen LogP) is 6.97. The van der Waals surface area contributed by atoms with Gasteiger partial charge in [0, 0.05) is 49.9 Å². The van der Waals surface area contributed by atoms with E-state index >= 15 is 0 Å². The molecule has 36 heavy (non-hydrogen) atoms. The molecule has 1 amide bonds. The fourth-order valence-corrected chi connectivity index (χ4v) is 5.04. The van der Waals surface area contributed by atoms with Gasteiger partial charge in [-0.25, -0.2) is 14.2 Å². The maximum Gasteiger partial charge on any atom is 0.326 e. The maximum atomic E-state index is 14.2. The molecule has 2 aromatic carbocycles. The molecule has 0 saturated heterocycles. The maximum absolute atomic E-state index is 14.2. The molecule has 1 aliphatic rings. The van der Waals surface area contributed by atoms with E-state index in [-0.39, 0.29) is 11.8 Å². The topological polar surface area (TPSA) is 50.2 Å². The number of halogens is 4. The second kappa shape index (κ2) is 10.6. The van der Waals surface area contributed by atoms with Crippen LogP contribution in [0.15, 0.2) is 60.8 Å². The molecule has 0 bridgehead atoms. The summed E-state index contributed by atoms with van der Waals surface area (Å²) in [7, 11) is 0. The first-order valence-electron chi connectivity index (χ1n) is 11.4. The van der Waals surface area contributed by atoms with Crippen LogP contribution in [0.2, 0.25) is 15.2 Å². The van der Waals surface area contributed by atoms with Gasteiger partial charge in [-0.1, -0.05) is 53.0 Å². The lowest BCUT2D eigenvalue weighted by molar-refractivity contribution is 0.240. The molecule has 0 saturated carbocycles. The summed E-state index contributed by atoms with van der Waals surface area (Å²) in [6.45, 7) is 2.39. The lowest BCUT2D eigenvalue weighted by Crippen LogP contribution is -2.34. The van der Waals surface area contributed by atoms with E-state index < -0.39 is 0 Å². The number of pyridine rings is 1. The van der Waals surface area contributed by atoms with Crippen LogP contribution in [-0.2, 0) is 19.5 Å². The van der Waals surface area contributed by atoms with Crippen LogP contribution >= 0.6 is 34.8 Å². The zero-order valence-electron chi connectivity index (χ0n) is 19.1. The van der Waals surface area contributed by atoms with E-state index in [4.69, 9.17) is 34.8 Å². The highest BCUT2D eigenvalue weighted by atomic mass is 35.5. The van der Waals surface area contributed by atoms with Gasteiger partial charge in [0.15, 0.2) is 0 Å². The fourth-order valence-electron chi connectivity index (χ4n) is 4.54. The summed E-state index contributed by atoms with van der Waals surface area (Å²) in [5, 5.41) is 5.12. The fraction of sp³-hybridized carbons (Fsp3) is 0.185. The molecule has 1 N–H and O–H groups in total. The summed E-state index contributed by atoms with van der Waals surface area (Å²) in [5.74, 6) is -0.328. The Bertz CT molecular complexity index is 1480. The molecule has 0 radical (unpaired) electrons. The highest BCUT2D eigenvalue weighted by Crippen LogP contribution is 2.31. The van der Waals surface area contributed by atoms with Crippen LogP contribution in [0.5, 0.6) is 0 Å². The first-order chi connectivity index (χ1) is 17.4. The SMILES string of the molecule is O=C(NCc1ccnc(Cl)c1)n1c2c(c3cc(F)ccc31)CN(CC=Cc1ccc(Cl)c(Cl)c1)CC2. The molecule has 4 aromatic rings. The number of hydrogen-bond acceptors (Lipinski definition) is 3. The molecule has 3 heterocycles. The molecule has 184 valence electrons. The van der Waals surface area contributed by atoms with Crippen molar-refractivity contribution in [2.24, 2.45) is 0 Å². The molecule has 0 spiro atoms. The van der Waals surface area contributed by atoms with E-state index in [1.165, 1.54) is 12.1 Å². The largest absolute Gasteiger partial charge is 0.333 e. The Morgan fingerprint density at radius 1 is 1.08 bits per heavy atom. The van der Waals surface area contributed by atoms with E-state index in [1.54, 1.807) is 35.0 Å². The van der Waals surface area contributed by atoms with Gasteiger partial charge in [-0.3, -0.25) is 9.47 Å². The normalized spacial score (nSPS) is 13.9. The predicted molar refractivity (Wildman–Crippen MR) is 143 cm³/mol. The third-order valence-corrected chi connectivity index (χ3v) is 7.19. The van der Waals surface area contributed by atoms with Crippen LogP contribution in [0.1, 0.15) is 22.4 Å². The zero-order chi connectivity index (χ0) is 25.2. The number of rotatable bonds is 5. The van der Waals surface area contributed by atoms with Gasteiger partial charge in [-0.15, -0.1) is 0 Å². The number of nitrogens with zero attached hydrogens (tertiary/aromatic N) is 3. The standard InChI is InChI=1S/C27H22Cl3FN4O/c28-22-5-3-17(12-23(22)29)2-1-10-34-11-8-25-21(16-34)20-14-19(31)4-6-24(20)35(25)27(36)33-15-18-7-9-32-26(30)13-18/h1-7,9,12-14H,8,10-11,15-16H2,(H,33,36). The van der Waals surface area contributed by atoms with Crippen molar-refractivity contribution in [3.63, 3.8) is 0 Å². The summed E-state index contributed by atoms with van der Waals surface area (Å²) in [6, 6.07) is 13.3. The molecule has 0 atom stereocenters. The molecule has 1 aliphatic heterocycles. The molecule has 0 fully saturated rings. The number of fused-ring (bicyclic) bond motifs is 3. The number of carbonyl (C=O) groups is 1. The minimum Gasteiger partial charge on any atom is -0.333 e. The minimum atomic E-state index is -0.328.